The van der Waals surface area contributed by atoms with E-state index in [0.29, 0.717) is 6.42 Å². The van der Waals surface area contributed by atoms with Crippen LogP contribution in [0.2, 0.25) is 0 Å². The lowest BCUT2D eigenvalue weighted by molar-refractivity contribution is -0.116. The number of aryl methyl sites for hydroxylation is 2. The van der Waals surface area contributed by atoms with Gasteiger partial charge in [-0.3, -0.25) is 4.79 Å². The van der Waals surface area contributed by atoms with Gasteiger partial charge in [0.25, 0.3) is 0 Å². The van der Waals surface area contributed by atoms with Crippen LogP contribution < -0.4 is 5.32 Å². The van der Waals surface area contributed by atoms with Crippen LogP contribution in [0.5, 0.6) is 0 Å². The minimum atomic E-state index is 0.0905. The number of anilines is 1. The van der Waals surface area contributed by atoms with Crippen molar-refractivity contribution in [3.63, 3.8) is 0 Å². The Morgan fingerprint density at radius 1 is 1.27 bits per heavy atom. The van der Waals surface area contributed by atoms with Crippen molar-refractivity contribution in [2.75, 3.05) is 11.1 Å². The zero-order chi connectivity index (χ0) is 15.2. The van der Waals surface area contributed by atoms with E-state index in [9.17, 15) is 4.79 Å². The Balaban J connectivity index is 1.32. The van der Waals surface area contributed by atoms with Crippen LogP contribution in [0.25, 0.3) is 0 Å². The number of nitrogens with zero attached hydrogens (tertiary/aromatic N) is 1. The van der Waals surface area contributed by atoms with E-state index in [1.165, 1.54) is 22.6 Å². The van der Waals surface area contributed by atoms with Gasteiger partial charge in [0.1, 0.15) is 0 Å². The zero-order valence-corrected chi connectivity index (χ0v) is 14.1. The third-order valence-corrected chi connectivity index (χ3v) is 5.83. The van der Waals surface area contributed by atoms with E-state index in [4.69, 9.17) is 0 Å². The van der Waals surface area contributed by atoms with Crippen LogP contribution in [0.15, 0.2) is 30.3 Å². The fraction of sp³-hybridized carbons (Fsp3) is 0.412. The molecule has 0 bridgehead atoms. The molecule has 0 saturated carbocycles. The summed E-state index contributed by atoms with van der Waals surface area (Å²) in [7, 11) is 0. The molecule has 1 aliphatic carbocycles. The van der Waals surface area contributed by atoms with E-state index in [1.54, 1.807) is 11.3 Å². The molecule has 0 unspecified atom stereocenters. The van der Waals surface area contributed by atoms with Crippen molar-refractivity contribution in [1.29, 1.82) is 0 Å². The highest BCUT2D eigenvalue weighted by atomic mass is 32.2. The summed E-state index contributed by atoms with van der Waals surface area (Å²) in [4.78, 5) is 17.8. The Kier molecular flexibility index (Phi) is 5.51. The lowest BCUT2D eigenvalue weighted by Gasteiger charge is -2.03. The van der Waals surface area contributed by atoms with Crippen molar-refractivity contribution in [2.45, 2.75) is 37.9 Å². The van der Waals surface area contributed by atoms with Crippen LogP contribution in [0.4, 0.5) is 5.13 Å². The van der Waals surface area contributed by atoms with Gasteiger partial charge < -0.3 is 5.32 Å². The maximum absolute atomic E-state index is 11.9. The molecule has 2 aromatic rings. The number of rotatable bonds is 7. The third kappa shape index (κ3) is 4.34. The standard InChI is InChI=1S/C17H20N2OS2/c20-16(19-17-18-14-8-4-9-15(14)22-17)10-5-11-21-12-13-6-2-1-3-7-13/h1-3,6-7H,4-5,8-12H2,(H,18,19,20). The van der Waals surface area contributed by atoms with E-state index in [2.05, 4.69) is 34.6 Å². The number of hydrogen-bond acceptors (Lipinski definition) is 4. The number of benzene rings is 1. The highest BCUT2D eigenvalue weighted by molar-refractivity contribution is 7.98. The Hall–Kier alpha value is -1.33. The average Bonchev–Trinajstić information content (AvgIpc) is 3.09. The SMILES string of the molecule is O=C(CCCSCc1ccccc1)Nc1nc2c(s1)CCC2. The number of amides is 1. The molecule has 5 heteroatoms. The summed E-state index contributed by atoms with van der Waals surface area (Å²) in [5, 5.41) is 3.72. The Morgan fingerprint density at radius 2 is 2.14 bits per heavy atom. The molecule has 0 atom stereocenters. The van der Waals surface area contributed by atoms with Gasteiger partial charge >= 0.3 is 0 Å². The quantitative estimate of drug-likeness (QED) is 0.769. The van der Waals surface area contributed by atoms with Crippen LogP contribution in [0.1, 0.15) is 35.4 Å². The van der Waals surface area contributed by atoms with Crippen molar-refractivity contribution >= 4 is 34.1 Å². The maximum atomic E-state index is 11.9. The molecule has 0 aliphatic heterocycles. The van der Waals surface area contributed by atoms with E-state index >= 15 is 0 Å². The van der Waals surface area contributed by atoms with Gasteiger partial charge in [-0.05, 0) is 37.0 Å². The first-order chi connectivity index (χ1) is 10.8. The van der Waals surface area contributed by atoms with Crippen molar-refractivity contribution in [3.05, 3.63) is 46.5 Å². The molecule has 1 aromatic carbocycles. The molecule has 1 aliphatic rings. The number of fused-ring (bicyclic) bond motifs is 1. The first kappa shape index (κ1) is 15.6. The largest absolute Gasteiger partial charge is 0.302 e. The lowest BCUT2D eigenvalue weighted by Crippen LogP contribution is -2.11. The molecular weight excluding hydrogens is 312 g/mol. The lowest BCUT2D eigenvalue weighted by atomic mass is 10.2. The van der Waals surface area contributed by atoms with E-state index in [0.717, 1.165) is 35.9 Å². The summed E-state index contributed by atoms with van der Waals surface area (Å²) in [5.74, 6) is 2.12. The molecule has 3 nitrogen and oxygen atoms in total. The molecular formula is C17H20N2OS2. The van der Waals surface area contributed by atoms with Gasteiger partial charge in [0.2, 0.25) is 5.91 Å². The fourth-order valence-electron chi connectivity index (χ4n) is 2.52. The van der Waals surface area contributed by atoms with Gasteiger partial charge in [-0.1, -0.05) is 30.3 Å². The molecule has 116 valence electrons. The highest BCUT2D eigenvalue weighted by Gasteiger charge is 2.17. The van der Waals surface area contributed by atoms with Gasteiger partial charge in [-0.15, -0.1) is 11.3 Å². The molecule has 3 rings (SSSR count). The van der Waals surface area contributed by atoms with Gasteiger partial charge in [-0.2, -0.15) is 11.8 Å². The predicted octanol–water partition coefficient (Wildman–Crippen LogP) is 4.28. The first-order valence-electron chi connectivity index (χ1n) is 7.71. The normalized spacial score (nSPS) is 13.1. The highest BCUT2D eigenvalue weighted by Crippen LogP contribution is 2.30. The second-order valence-electron chi connectivity index (χ2n) is 5.43. The van der Waals surface area contributed by atoms with Gasteiger partial charge in [0.15, 0.2) is 5.13 Å². The number of hydrogen-bond donors (Lipinski definition) is 1. The summed E-state index contributed by atoms with van der Waals surface area (Å²) >= 11 is 3.52. The van der Waals surface area contributed by atoms with E-state index in [-0.39, 0.29) is 5.91 Å². The minimum absolute atomic E-state index is 0.0905. The summed E-state index contributed by atoms with van der Waals surface area (Å²) < 4.78 is 0. The van der Waals surface area contributed by atoms with Crippen LogP contribution in [-0.4, -0.2) is 16.6 Å². The molecule has 1 heterocycles. The van der Waals surface area contributed by atoms with Gasteiger partial charge in [0.05, 0.1) is 5.69 Å². The van der Waals surface area contributed by atoms with E-state index < -0.39 is 0 Å². The van der Waals surface area contributed by atoms with E-state index in [1.807, 2.05) is 17.8 Å². The van der Waals surface area contributed by atoms with Crippen molar-refractivity contribution in [1.82, 2.24) is 4.98 Å². The Labute approximate surface area is 139 Å². The molecule has 0 spiro atoms. The summed E-state index contributed by atoms with van der Waals surface area (Å²) in [6.45, 7) is 0. The predicted molar refractivity (Wildman–Crippen MR) is 94.6 cm³/mol. The van der Waals surface area contributed by atoms with Crippen molar-refractivity contribution in [3.8, 4) is 0 Å². The zero-order valence-electron chi connectivity index (χ0n) is 12.5. The van der Waals surface area contributed by atoms with Crippen LogP contribution in [0, 0.1) is 0 Å². The fourth-order valence-corrected chi connectivity index (χ4v) is 4.51. The van der Waals surface area contributed by atoms with Crippen LogP contribution in [-0.2, 0) is 23.4 Å². The van der Waals surface area contributed by atoms with Crippen molar-refractivity contribution in [2.24, 2.45) is 0 Å². The Morgan fingerprint density at radius 3 is 2.95 bits per heavy atom. The maximum Gasteiger partial charge on any atom is 0.226 e. The molecule has 1 amide bonds. The number of nitrogens with one attached hydrogen (secondary N) is 1. The summed E-state index contributed by atoms with van der Waals surface area (Å²) in [6, 6.07) is 10.4. The number of aromatic nitrogens is 1. The number of carbonyl (C=O) groups is 1. The number of thiazole rings is 1. The second-order valence-corrected chi connectivity index (χ2v) is 7.62. The van der Waals surface area contributed by atoms with Gasteiger partial charge in [-0.25, -0.2) is 4.98 Å². The summed E-state index contributed by atoms with van der Waals surface area (Å²) in [6.07, 6.45) is 4.89. The molecule has 1 N–H and O–H groups in total. The average molecular weight is 332 g/mol. The van der Waals surface area contributed by atoms with Crippen LogP contribution >= 0.6 is 23.1 Å². The third-order valence-electron chi connectivity index (χ3n) is 3.65. The monoisotopic (exact) mass is 332 g/mol. The minimum Gasteiger partial charge on any atom is -0.302 e. The topological polar surface area (TPSA) is 42.0 Å². The second kappa shape index (κ2) is 7.79. The molecule has 1 aromatic heterocycles. The molecule has 0 radical (unpaired) electrons. The number of thioether (sulfide) groups is 1. The first-order valence-corrected chi connectivity index (χ1v) is 9.68. The van der Waals surface area contributed by atoms with Crippen LogP contribution in [0.3, 0.4) is 0 Å². The smallest absolute Gasteiger partial charge is 0.226 e. The number of carbonyl (C=O) groups excluding carboxylic acids is 1. The molecule has 0 saturated heterocycles. The summed E-state index contributed by atoms with van der Waals surface area (Å²) in [5.41, 5.74) is 2.54. The van der Waals surface area contributed by atoms with Crippen molar-refractivity contribution < 1.29 is 4.79 Å². The Bertz CT molecular complexity index is 603. The van der Waals surface area contributed by atoms with Gasteiger partial charge in [0, 0.05) is 17.1 Å². The molecule has 0 fully saturated rings. The molecule has 22 heavy (non-hydrogen) atoms.